The van der Waals surface area contributed by atoms with Crippen molar-refractivity contribution in [3.8, 4) is 0 Å². The third-order valence-corrected chi connectivity index (χ3v) is 3.31. The lowest BCUT2D eigenvalue weighted by Gasteiger charge is -2.30. The first-order valence-corrected chi connectivity index (χ1v) is 6.48. The highest BCUT2D eigenvalue weighted by Crippen LogP contribution is 2.15. The summed E-state index contributed by atoms with van der Waals surface area (Å²) in [5, 5.41) is 2.77. The van der Waals surface area contributed by atoms with Crippen LogP contribution in [0.25, 0.3) is 0 Å². The zero-order valence-electron chi connectivity index (χ0n) is 11.3. The summed E-state index contributed by atoms with van der Waals surface area (Å²) in [5.74, 6) is -0.0345. The molecule has 1 amide bonds. The van der Waals surface area contributed by atoms with Crippen molar-refractivity contribution in [2.75, 3.05) is 18.4 Å². The minimum absolute atomic E-state index is 0. The molecule has 4 nitrogen and oxygen atoms in total. The lowest BCUT2D eigenvalue weighted by molar-refractivity contribution is -0.114. The Kier molecular flexibility index (Phi) is 6.28. The number of nitrogens with zero attached hydrogens (tertiary/aromatic N) is 1. The van der Waals surface area contributed by atoms with Gasteiger partial charge >= 0.3 is 0 Å². The third kappa shape index (κ3) is 5.19. The van der Waals surface area contributed by atoms with Crippen LogP contribution in [0.4, 0.5) is 5.69 Å². The Morgan fingerprint density at radius 3 is 2.42 bits per heavy atom. The molecule has 1 aromatic rings. The first-order valence-electron chi connectivity index (χ1n) is 6.48. The largest absolute Gasteiger partial charge is 0.328 e. The summed E-state index contributed by atoms with van der Waals surface area (Å²) < 4.78 is 0. The number of rotatable bonds is 3. The predicted octanol–water partition coefficient (Wildman–Crippen LogP) is 1.99. The zero-order chi connectivity index (χ0) is 13.0. The van der Waals surface area contributed by atoms with Crippen molar-refractivity contribution in [3.63, 3.8) is 0 Å². The first-order chi connectivity index (χ1) is 8.63. The van der Waals surface area contributed by atoms with Gasteiger partial charge in [-0.05, 0) is 43.6 Å². The zero-order valence-corrected chi connectivity index (χ0v) is 12.1. The molecule has 0 unspecified atom stereocenters. The minimum Gasteiger partial charge on any atom is -0.328 e. The molecule has 1 aliphatic heterocycles. The number of hydrogen-bond acceptors (Lipinski definition) is 3. The molecule has 0 radical (unpaired) electrons. The summed E-state index contributed by atoms with van der Waals surface area (Å²) in [5.41, 5.74) is 8.02. The van der Waals surface area contributed by atoms with E-state index in [2.05, 4.69) is 22.3 Å². The standard InChI is InChI=1S/C14H21N3O.ClH/c1-11(18)16-14-4-2-12(3-5-14)10-17-8-6-13(15)7-9-17;/h2-5,13H,6-10,15H2,1H3,(H,16,18);1H. The van der Waals surface area contributed by atoms with Crippen molar-refractivity contribution in [2.45, 2.75) is 32.4 Å². The van der Waals surface area contributed by atoms with Gasteiger partial charge in [-0.25, -0.2) is 0 Å². The van der Waals surface area contributed by atoms with E-state index in [-0.39, 0.29) is 18.3 Å². The lowest BCUT2D eigenvalue weighted by Crippen LogP contribution is -2.39. The SMILES string of the molecule is CC(=O)Nc1ccc(CN2CCC(N)CC2)cc1.Cl. The Bertz CT molecular complexity index is 400. The molecular formula is C14H22ClN3O. The summed E-state index contributed by atoms with van der Waals surface area (Å²) >= 11 is 0. The molecule has 106 valence electrons. The first kappa shape index (κ1) is 16.0. The fourth-order valence-corrected chi connectivity index (χ4v) is 2.27. The average Bonchev–Trinajstić information content (AvgIpc) is 2.34. The summed E-state index contributed by atoms with van der Waals surface area (Å²) in [4.78, 5) is 13.3. The van der Waals surface area contributed by atoms with Crippen LogP contribution in [0.3, 0.4) is 0 Å². The predicted molar refractivity (Wildman–Crippen MR) is 80.5 cm³/mol. The quantitative estimate of drug-likeness (QED) is 0.892. The van der Waals surface area contributed by atoms with Gasteiger partial charge in [0.25, 0.3) is 0 Å². The van der Waals surface area contributed by atoms with E-state index in [1.807, 2.05) is 12.1 Å². The van der Waals surface area contributed by atoms with Crippen molar-refractivity contribution >= 4 is 24.0 Å². The summed E-state index contributed by atoms with van der Waals surface area (Å²) in [6, 6.07) is 8.42. The molecule has 0 aliphatic carbocycles. The van der Waals surface area contributed by atoms with Crippen LogP contribution in [0.5, 0.6) is 0 Å². The van der Waals surface area contributed by atoms with Gasteiger partial charge in [0, 0.05) is 25.2 Å². The molecular weight excluding hydrogens is 262 g/mol. The molecule has 0 aromatic heterocycles. The van der Waals surface area contributed by atoms with E-state index < -0.39 is 0 Å². The van der Waals surface area contributed by atoms with Gasteiger partial charge < -0.3 is 11.1 Å². The molecule has 1 saturated heterocycles. The maximum Gasteiger partial charge on any atom is 0.221 e. The van der Waals surface area contributed by atoms with Gasteiger partial charge in [0.05, 0.1) is 0 Å². The monoisotopic (exact) mass is 283 g/mol. The number of carbonyl (C=O) groups excluding carboxylic acids is 1. The van der Waals surface area contributed by atoms with Gasteiger partial charge in [-0.1, -0.05) is 12.1 Å². The van der Waals surface area contributed by atoms with Gasteiger partial charge in [0.15, 0.2) is 0 Å². The van der Waals surface area contributed by atoms with Crippen LogP contribution in [0.15, 0.2) is 24.3 Å². The number of benzene rings is 1. The number of amides is 1. The number of hydrogen-bond donors (Lipinski definition) is 2. The molecule has 5 heteroatoms. The van der Waals surface area contributed by atoms with E-state index in [1.54, 1.807) is 0 Å². The Labute approximate surface area is 120 Å². The Hall–Kier alpha value is -1.10. The molecule has 1 fully saturated rings. The molecule has 1 aromatic carbocycles. The highest BCUT2D eigenvalue weighted by Gasteiger charge is 2.15. The van der Waals surface area contributed by atoms with E-state index in [4.69, 9.17) is 5.73 Å². The molecule has 2 rings (SSSR count). The molecule has 3 N–H and O–H groups in total. The van der Waals surface area contributed by atoms with Crippen LogP contribution in [-0.4, -0.2) is 29.9 Å². The van der Waals surface area contributed by atoms with Crippen LogP contribution in [0.2, 0.25) is 0 Å². The van der Waals surface area contributed by atoms with E-state index in [1.165, 1.54) is 12.5 Å². The van der Waals surface area contributed by atoms with Gasteiger partial charge in [-0.3, -0.25) is 9.69 Å². The van der Waals surface area contributed by atoms with Crippen LogP contribution in [0, 0.1) is 0 Å². The fraction of sp³-hybridized carbons (Fsp3) is 0.500. The fourth-order valence-electron chi connectivity index (χ4n) is 2.27. The summed E-state index contributed by atoms with van der Waals surface area (Å²) in [6.07, 6.45) is 2.17. The van der Waals surface area contributed by atoms with Crippen molar-refractivity contribution < 1.29 is 4.79 Å². The van der Waals surface area contributed by atoms with Crippen molar-refractivity contribution in [2.24, 2.45) is 5.73 Å². The summed E-state index contributed by atoms with van der Waals surface area (Å²) in [7, 11) is 0. The molecule has 0 saturated carbocycles. The number of halogens is 1. The second-order valence-electron chi connectivity index (χ2n) is 4.99. The van der Waals surface area contributed by atoms with E-state index in [9.17, 15) is 4.79 Å². The van der Waals surface area contributed by atoms with Crippen molar-refractivity contribution in [3.05, 3.63) is 29.8 Å². The van der Waals surface area contributed by atoms with Crippen LogP contribution >= 0.6 is 12.4 Å². The normalized spacial score (nSPS) is 16.7. The molecule has 0 atom stereocenters. The van der Waals surface area contributed by atoms with Gasteiger partial charge in [-0.2, -0.15) is 0 Å². The van der Waals surface area contributed by atoms with Crippen molar-refractivity contribution in [1.29, 1.82) is 0 Å². The molecule has 1 heterocycles. The van der Waals surface area contributed by atoms with Crippen LogP contribution < -0.4 is 11.1 Å². The molecule has 19 heavy (non-hydrogen) atoms. The third-order valence-electron chi connectivity index (χ3n) is 3.31. The molecule has 0 spiro atoms. The topological polar surface area (TPSA) is 58.4 Å². The van der Waals surface area contributed by atoms with Crippen LogP contribution in [0.1, 0.15) is 25.3 Å². The Morgan fingerprint density at radius 1 is 1.32 bits per heavy atom. The molecule has 0 bridgehead atoms. The summed E-state index contributed by atoms with van der Waals surface area (Å²) in [6.45, 7) is 4.64. The lowest BCUT2D eigenvalue weighted by atomic mass is 10.1. The van der Waals surface area contributed by atoms with Gasteiger partial charge in [0.2, 0.25) is 5.91 Å². The van der Waals surface area contributed by atoms with Crippen molar-refractivity contribution in [1.82, 2.24) is 4.90 Å². The maximum absolute atomic E-state index is 10.9. The van der Waals surface area contributed by atoms with Gasteiger partial charge in [0.1, 0.15) is 0 Å². The number of likely N-dealkylation sites (tertiary alicyclic amines) is 1. The van der Waals surface area contributed by atoms with E-state index in [0.717, 1.165) is 38.2 Å². The Balaban J connectivity index is 0.00000180. The number of nitrogens with two attached hydrogens (primary N) is 1. The number of carbonyl (C=O) groups is 1. The highest BCUT2D eigenvalue weighted by atomic mass is 35.5. The van der Waals surface area contributed by atoms with Gasteiger partial charge in [-0.15, -0.1) is 12.4 Å². The second-order valence-corrected chi connectivity index (χ2v) is 4.99. The van der Waals surface area contributed by atoms with E-state index >= 15 is 0 Å². The minimum atomic E-state index is -0.0345. The highest BCUT2D eigenvalue weighted by molar-refractivity contribution is 5.88. The van der Waals surface area contributed by atoms with E-state index in [0.29, 0.717) is 6.04 Å². The molecule has 1 aliphatic rings. The smallest absolute Gasteiger partial charge is 0.221 e. The Morgan fingerprint density at radius 2 is 1.89 bits per heavy atom. The number of nitrogens with one attached hydrogen (secondary N) is 1. The number of anilines is 1. The maximum atomic E-state index is 10.9. The average molecular weight is 284 g/mol. The van der Waals surface area contributed by atoms with Crippen LogP contribution in [-0.2, 0) is 11.3 Å². The second kappa shape index (κ2) is 7.48. The number of piperidine rings is 1.